The van der Waals surface area contributed by atoms with Gasteiger partial charge in [0, 0.05) is 24.7 Å². The van der Waals surface area contributed by atoms with E-state index in [4.69, 9.17) is 0 Å². The van der Waals surface area contributed by atoms with Crippen molar-refractivity contribution < 1.29 is 0 Å². The molecule has 1 N–H and O–H groups in total. The zero-order chi connectivity index (χ0) is 11.0. The minimum Gasteiger partial charge on any atom is -0.368 e. The molecule has 0 amide bonds. The zero-order valence-corrected chi connectivity index (χ0v) is 9.35. The Balaban J connectivity index is 1.90. The number of anilines is 1. The highest BCUT2D eigenvalue weighted by atomic mass is 15.3. The molecule has 0 saturated heterocycles. The van der Waals surface area contributed by atoms with Crippen LogP contribution in [0.25, 0.3) is 11.3 Å². The zero-order valence-electron chi connectivity index (χ0n) is 9.35. The highest BCUT2D eigenvalue weighted by Crippen LogP contribution is 2.27. The third-order valence-electron chi connectivity index (χ3n) is 2.88. The summed E-state index contributed by atoms with van der Waals surface area (Å²) in [6.07, 6.45) is 2.57. The number of nitrogens with one attached hydrogen (secondary N) is 1. The maximum Gasteiger partial charge on any atom is 0.124 e. The third-order valence-corrected chi connectivity index (χ3v) is 2.88. The number of aryl methyl sites for hydroxylation is 1. The average Bonchev–Trinajstić information content (AvgIpc) is 3.05. The van der Waals surface area contributed by atoms with Gasteiger partial charge in [-0.05, 0) is 12.8 Å². The lowest BCUT2D eigenvalue weighted by molar-refractivity contribution is 0.771. The van der Waals surface area contributed by atoms with Crippen molar-refractivity contribution in [3.05, 3.63) is 36.4 Å². The molecule has 16 heavy (non-hydrogen) atoms. The summed E-state index contributed by atoms with van der Waals surface area (Å²) >= 11 is 0. The summed E-state index contributed by atoms with van der Waals surface area (Å²) in [6.45, 7) is 0. The maximum absolute atomic E-state index is 4.52. The second-order valence-electron chi connectivity index (χ2n) is 4.32. The molecule has 1 fully saturated rings. The van der Waals surface area contributed by atoms with Crippen molar-refractivity contribution in [2.45, 2.75) is 18.9 Å². The fourth-order valence-electron chi connectivity index (χ4n) is 1.79. The molecule has 0 aliphatic heterocycles. The Kier molecular flexibility index (Phi) is 2.17. The van der Waals surface area contributed by atoms with Crippen LogP contribution in [0.5, 0.6) is 0 Å². The lowest BCUT2D eigenvalue weighted by atomic mass is 10.2. The van der Waals surface area contributed by atoms with Crippen LogP contribution in [0.2, 0.25) is 0 Å². The molecule has 0 bridgehead atoms. The first-order valence-corrected chi connectivity index (χ1v) is 5.69. The standard InChI is InChI=1S/C13H15N3/c1-16-13(14-11-7-8-11)9-12(15-16)10-5-3-2-4-6-10/h2-6,9,11,14H,7-8H2,1H3. The quantitative estimate of drug-likeness (QED) is 0.849. The lowest BCUT2D eigenvalue weighted by Crippen LogP contribution is -2.05. The Labute approximate surface area is 95.1 Å². The minimum atomic E-state index is 0.666. The van der Waals surface area contributed by atoms with E-state index in [9.17, 15) is 0 Å². The molecule has 1 heterocycles. The van der Waals surface area contributed by atoms with Crippen molar-refractivity contribution in [2.24, 2.45) is 7.05 Å². The van der Waals surface area contributed by atoms with Crippen molar-refractivity contribution in [2.75, 3.05) is 5.32 Å². The van der Waals surface area contributed by atoms with Crippen LogP contribution in [0.4, 0.5) is 5.82 Å². The number of aromatic nitrogens is 2. The molecule has 1 aliphatic rings. The van der Waals surface area contributed by atoms with Gasteiger partial charge in [-0.3, -0.25) is 4.68 Å². The summed E-state index contributed by atoms with van der Waals surface area (Å²) in [5, 5.41) is 7.99. The Bertz CT molecular complexity index is 483. The summed E-state index contributed by atoms with van der Waals surface area (Å²) < 4.78 is 1.92. The maximum atomic E-state index is 4.52. The number of rotatable bonds is 3. The predicted octanol–water partition coefficient (Wildman–Crippen LogP) is 2.66. The first kappa shape index (κ1) is 9.46. The Hall–Kier alpha value is -1.77. The third kappa shape index (κ3) is 1.81. The lowest BCUT2D eigenvalue weighted by Gasteiger charge is -2.02. The van der Waals surface area contributed by atoms with E-state index in [0.717, 1.165) is 11.5 Å². The van der Waals surface area contributed by atoms with Gasteiger partial charge in [0.1, 0.15) is 5.82 Å². The SMILES string of the molecule is Cn1nc(-c2ccccc2)cc1NC1CC1. The molecule has 0 unspecified atom stereocenters. The van der Waals surface area contributed by atoms with Crippen molar-refractivity contribution >= 4 is 5.82 Å². The van der Waals surface area contributed by atoms with Crippen LogP contribution in [0.15, 0.2) is 36.4 Å². The highest BCUT2D eigenvalue weighted by Gasteiger charge is 2.22. The molecule has 1 aromatic heterocycles. The number of nitrogens with zero attached hydrogens (tertiary/aromatic N) is 2. The van der Waals surface area contributed by atoms with Gasteiger partial charge in [0.25, 0.3) is 0 Å². The van der Waals surface area contributed by atoms with Gasteiger partial charge in [-0.25, -0.2) is 0 Å². The van der Waals surface area contributed by atoms with E-state index in [1.165, 1.54) is 18.4 Å². The van der Waals surface area contributed by atoms with Gasteiger partial charge in [-0.2, -0.15) is 5.10 Å². The number of hydrogen-bond acceptors (Lipinski definition) is 2. The summed E-state index contributed by atoms with van der Waals surface area (Å²) in [4.78, 5) is 0. The average molecular weight is 213 g/mol. The molecule has 3 heteroatoms. The normalized spacial score (nSPS) is 15.1. The van der Waals surface area contributed by atoms with Crippen LogP contribution < -0.4 is 5.32 Å². The van der Waals surface area contributed by atoms with Gasteiger partial charge in [0.2, 0.25) is 0 Å². The topological polar surface area (TPSA) is 29.9 Å². The summed E-state index contributed by atoms with van der Waals surface area (Å²) in [5.41, 5.74) is 2.20. The molecule has 1 aromatic carbocycles. The molecule has 3 nitrogen and oxygen atoms in total. The van der Waals surface area contributed by atoms with E-state index < -0.39 is 0 Å². The van der Waals surface area contributed by atoms with Crippen molar-refractivity contribution in [1.82, 2.24) is 9.78 Å². The van der Waals surface area contributed by atoms with E-state index in [0.29, 0.717) is 6.04 Å². The molecular formula is C13H15N3. The summed E-state index contributed by atoms with van der Waals surface area (Å²) in [5.74, 6) is 1.11. The molecular weight excluding hydrogens is 198 g/mol. The largest absolute Gasteiger partial charge is 0.368 e. The fraction of sp³-hybridized carbons (Fsp3) is 0.308. The van der Waals surface area contributed by atoms with E-state index in [-0.39, 0.29) is 0 Å². The van der Waals surface area contributed by atoms with Crippen molar-refractivity contribution in [1.29, 1.82) is 0 Å². The second kappa shape index (κ2) is 3.67. The van der Waals surface area contributed by atoms with Crippen LogP contribution in [-0.4, -0.2) is 15.8 Å². The van der Waals surface area contributed by atoms with Gasteiger partial charge in [-0.1, -0.05) is 30.3 Å². The first-order chi connectivity index (χ1) is 7.83. The van der Waals surface area contributed by atoms with Gasteiger partial charge < -0.3 is 5.32 Å². The van der Waals surface area contributed by atoms with E-state index in [1.54, 1.807) is 0 Å². The van der Waals surface area contributed by atoms with E-state index in [1.807, 2.05) is 29.9 Å². The minimum absolute atomic E-state index is 0.666. The number of benzene rings is 1. The fourth-order valence-corrected chi connectivity index (χ4v) is 1.79. The second-order valence-corrected chi connectivity index (χ2v) is 4.32. The molecule has 2 aromatic rings. The van der Waals surface area contributed by atoms with Gasteiger partial charge >= 0.3 is 0 Å². The monoisotopic (exact) mass is 213 g/mol. The summed E-state index contributed by atoms with van der Waals surface area (Å²) in [7, 11) is 1.98. The van der Waals surface area contributed by atoms with Crippen molar-refractivity contribution in [3.63, 3.8) is 0 Å². The van der Waals surface area contributed by atoms with E-state index >= 15 is 0 Å². The van der Waals surface area contributed by atoms with Crippen LogP contribution in [-0.2, 0) is 7.05 Å². The van der Waals surface area contributed by atoms with Gasteiger partial charge in [0.15, 0.2) is 0 Å². The number of hydrogen-bond donors (Lipinski definition) is 1. The molecule has 1 aliphatic carbocycles. The van der Waals surface area contributed by atoms with Crippen LogP contribution in [0.3, 0.4) is 0 Å². The molecule has 0 atom stereocenters. The van der Waals surface area contributed by atoms with Crippen LogP contribution in [0, 0.1) is 0 Å². The predicted molar refractivity (Wildman–Crippen MR) is 65.3 cm³/mol. The molecule has 0 radical (unpaired) electrons. The highest BCUT2D eigenvalue weighted by molar-refractivity contribution is 5.63. The first-order valence-electron chi connectivity index (χ1n) is 5.69. The summed E-state index contributed by atoms with van der Waals surface area (Å²) in [6, 6.07) is 13.1. The van der Waals surface area contributed by atoms with E-state index in [2.05, 4.69) is 28.6 Å². The van der Waals surface area contributed by atoms with Crippen molar-refractivity contribution in [3.8, 4) is 11.3 Å². The Morgan fingerprint density at radius 2 is 2.00 bits per heavy atom. The van der Waals surface area contributed by atoms with Crippen LogP contribution in [0.1, 0.15) is 12.8 Å². The molecule has 82 valence electrons. The Morgan fingerprint density at radius 3 is 2.69 bits per heavy atom. The van der Waals surface area contributed by atoms with Gasteiger partial charge in [-0.15, -0.1) is 0 Å². The Morgan fingerprint density at radius 1 is 1.25 bits per heavy atom. The van der Waals surface area contributed by atoms with Gasteiger partial charge in [0.05, 0.1) is 5.69 Å². The molecule has 1 saturated carbocycles. The molecule has 3 rings (SSSR count). The van der Waals surface area contributed by atoms with Crippen LogP contribution >= 0.6 is 0 Å². The molecule has 0 spiro atoms. The smallest absolute Gasteiger partial charge is 0.124 e.